The van der Waals surface area contributed by atoms with E-state index in [2.05, 4.69) is 23.7 Å². The van der Waals surface area contributed by atoms with Gasteiger partial charge in [0.05, 0.1) is 5.69 Å². The molecule has 2 unspecified atom stereocenters. The molecule has 3 nitrogen and oxygen atoms in total. The Morgan fingerprint density at radius 3 is 3.05 bits per heavy atom. The summed E-state index contributed by atoms with van der Waals surface area (Å²) < 4.78 is 2.55. The van der Waals surface area contributed by atoms with Crippen molar-refractivity contribution in [2.75, 3.05) is 6.54 Å². The van der Waals surface area contributed by atoms with Crippen LogP contribution < -0.4 is 5.32 Å². The maximum atomic E-state index is 4.85. The summed E-state index contributed by atoms with van der Waals surface area (Å²) in [6.07, 6.45) is 9.36. The van der Waals surface area contributed by atoms with E-state index in [0.717, 1.165) is 37.8 Å². The maximum absolute atomic E-state index is 4.85. The van der Waals surface area contributed by atoms with Gasteiger partial charge in [-0.25, -0.2) is 4.98 Å². The van der Waals surface area contributed by atoms with Gasteiger partial charge in [0, 0.05) is 38.2 Å². The number of aromatic nitrogens is 2. The Kier molecular flexibility index (Phi) is 4.45. The molecule has 0 bridgehead atoms. The Labute approximate surface area is 123 Å². The van der Waals surface area contributed by atoms with Gasteiger partial charge in [0.25, 0.3) is 0 Å². The number of hydrogen-bond donors (Lipinski definition) is 1. The van der Waals surface area contributed by atoms with Crippen LogP contribution in [0.25, 0.3) is 0 Å². The number of rotatable bonds is 4. The van der Waals surface area contributed by atoms with Gasteiger partial charge in [-0.3, -0.25) is 0 Å². The van der Waals surface area contributed by atoms with E-state index in [9.17, 15) is 0 Å². The van der Waals surface area contributed by atoms with Crippen LogP contribution in [-0.4, -0.2) is 16.1 Å². The van der Waals surface area contributed by atoms with E-state index in [4.69, 9.17) is 4.98 Å². The van der Waals surface area contributed by atoms with E-state index >= 15 is 0 Å². The second kappa shape index (κ2) is 6.30. The van der Waals surface area contributed by atoms with Gasteiger partial charge in [-0.05, 0) is 24.7 Å². The highest BCUT2D eigenvalue weighted by Crippen LogP contribution is 2.31. The summed E-state index contributed by atoms with van der Waals surface area (Å²) in [6.45, 7) is 7.94. The standard InChI is InChI=1S/C17H29N3/c1-3-17-19-15-12-18-9-7-16(15)20(17)10-8-14-6-4-5-13(2)11-14/h13-14,18H,3-12H2,1-2H3. The van der Waals surface area contributed by atoms with Crippen molar-refractivity contribution >= 4 is 0 Å². The molecule has 20 heavy (non-hydrogen) atoms. The fourth-order valence-corrected chi connectivity index (χ4v) is 4.09. The highest BCUT2D eigenvalue weighted by atomic mass is 15.1. The molecule has 0 spiro atoms. The number of imidazole rings is 1. The molecule has 1 aliphatic carbocycles. The number of nitrogens with zero attached hydrogens (tertiary/aromatic N) is 2. The SMILES string of the molecule is CCc1nc2c(n1CCC1CCCC(C)C1)CCNC2. The van der Waals surface area contributed by atoms with Crippen LogP contribution in [-0.2, 0) is 25.9 Å². The van der Waals surface area contributed by atoms with E-state index in [1.54, 1.807) is 0 Å². The lowest BCUT2D eigenvalue weighted by atomic mass is 9.81. The quantitative estimate of drug-likeness (QED) is 0.913. The van der Waals surface area contributed by atoms with Gasteiger partial charge in [0.2, 0.25) is 0 Å². The van der Waals surface area contributed by atoms with Crippen molar-refractivity contribution in [2.24, 2.45) is 11.8 Å². The van der Waals surface area contributed by atoms with Gasteiger partial charge in [-0.15, -0.1) is 0 Å². The molecule has 1 saturated carbocycles. The average Bonchev–Trinajstić information content (AvgIpc) is 2.83. The zero-order chi connectivity index (χ0) is 13.9. The summed E-state index contributed by atoms with van der Waals surface area (Å²) in [5.41, 5.74) is 2.83. The first-order valence-corrected chi connectivity index (χ1v) is 8.55. The lowest BCUT2D eigenvalue weighted by Gasteiger charge is -2.27. The molecule has 3 heteroatoms. The van der Waals surface area contributed by atoms with Crippen LogP contribution in [0.4, 0.5) is 0 Å². The van der Waals surface area contributed by atoms with Gasteiger partial charge < -0.3 is 9.88 Å². The highest BCUT2D eigenvalue weighted by molar-refractivity contribution is 5.20. The molecule has 3 rings (SSSR count). The molecular formula is C17H29N3. The predicted octanol–water partition coefficient (Wildman–Crippen LogP) is 3.31. The summed E-state index contributed by atoms with van der Waals surface area (Å²) in [6, 6.07) is 0. The summed E-state index contributed by atoms with van der Waals surface area (Å²) >= 11 is 0. The second-order valence-corrected chi connectivity index (χ2v) is 6.78. The second-order valence-electron chi connectivity index (χ2n) is 6.78. The van der Waals surface area contributed by atoms with Gasteiger partial charge in [0.15, 0.2) is 0 Å². The first kappa shape index (κ1) is 14.1. The third-order valence-electron chi connectivity index (χ3n) is 5.19. The largest absolute Gasteiger partial charge is 0.332 e. The molecule has 2 aliphatic rings. The zero-order valence-corrected chi connectivity index (χ0v) is 13.1. The molecule has 1 fully saturated rings. The van der Waals surface area contributed by atoms with Gasteiger partial charge in [-0.2, -0.15) is 0 Å². The van der Waals surface area contributed by atoms with Crippen molar-refractivity contribution in [2.45, 2.75) is 71.9 Å². The Balaban J connectivity index is 1.68. The fourth-order valence-electron chi connectivity index (χ4n) is 4.09. The lowest BCUT2D eigenvalue weighted by molar-refractivity contribution is 0.259. The summed E-state index contributed by atoms with van der Waals surface area (Å²) in [7, 11) is 0. The van der Waals surface area contributed by atoms with Crippen LogP contribution in [0.3, 0.4) is 0 Å². The van der Waals surface area contributed by atoms with Gasteiger partial charge in [0.1, 0.15) is 5.82 Å². The smallest absolute Gasteiger partial charge is 0.108 e. The normalized spacial score (nSPS) is 26.5. The number of aryl methyl sites for hydroxylation is 1. The first-order chi connectivity index (χ1) is 9.78. The molecule has 2 atom stereocenters. The van der Waals surface area contributed by atoms with E-state index in [1.165, 1.54) is 55.9 Å². The Bertz CT molecular complexity index is 449. The number of hydrogen-bond acceptors (Lipinski definition) is 2. The van der Waals surface area contributed by atoms with Crippen molar-refractivity contribution in [1.29, 1.82) is 0 Å². The Morgan fingerprint density at radius 2 is 2.25 bits per heavy atom. The minimum Gasteiger partial charge on any atom is -0.332 e. The highest BCUT2D eigenvalue weighted by Gasteiger charge is 2.22. The van der Waals surface area contributed by atoms with E-state index in [-0.39, 0.29) is 0 Å². The molecule has 1 aromatic heterocycles. The minimum absolute atomic E-state index is 0.945. The topological polar surface area (TPSA) is 29.9 Å². The van der Waals surface area contributed by atoms with Crippen molar-refractivity contribution in [3.63, 3.8) is 0 Å². The predicted molar refractivity (Wildman–Crippen MR) is 82.8 cm³/mol. The van der Waals surface area contributed by atoms with Crippen molar-refractivity contribution < 1.29 is 0 Å². The minimum atomic E-state index is 0.945. The number of nitrogens with one attached hydrogen (secondary N) is 1. The maximum Gasteiger partial charge on any atom is 0.108 e. The third kappa shape index (κ3) is 2.93. The van der Waals surface area contributed by atoms with Crippen LogP contribution >= 0.6 is 0 Å². The Hall–Kier alpha value is -0.830. The van der Waals surface area contributed by atoms with E-state index < -0.39 is 0 Å². The molecule has 1 aliphatic heterocycles. The number of fused-ring (bicyclic) bond motifs is 1. The van der Waals surface area contributed by atoms with Crippen LogP contribution in [0, 0.1) is 11.8 Å². The fraction of sp³-hybridized carbons (Fsp3) is 0.824. The third-order valence-corrected chi connectivity index (χ3v) is 5.19. The zero-order valence-electron chi connectivity index (χ0n) is 13.1. The van der Waals surface area contributed by atoms with Crippen molar-refractivity contribution in [1.82, 2.24) is 14.9 Å². The van der Waals surface area contributed by atoms with Crippen LogP contribution in [0.5, 0.6) is 0 Å². The molecule has 112 valence electrons. The lowest BCUT2D eigenvalue weighted by Crippen LogP contribution is -2.25. The van der Waals surface area contributed by atoms with Crippen molar-refractivity contribution in [3.05, 3.63) is 17.2 Å². The summed E-state index contributed by atoms with van der Waals surface area (Å²) in [5.74, 6) is 3.20. The molecule has 0 amide bonds. The summed E-state index contributed by atoms with van der Waals surface area (Å²) in [5, 5.41) is 3.44. The molecule has 1 aromatic rings. The molecular weight excluding hydrogens is 246 g/mol. The van der Waals surface area contributed by atoms with Crippen LogP contribution in [0.1, 0.15) is 63.2 Å². The van der Waals surface area contributed by atoms with E-state index in [1.807, 2.05) is 0 Å². The molecule has 2 heterocycles. The molecule has 0 aromatic carbocycles. The molecule has 0 saturated heterocycles. The Morgan fingerprint density at radius 1 is 1.35 bits per heavy atom. The van der Waals surface area contributed by atoms with E-state index in [0.29, 0.717) is 0 Å². The van der Waals surface area contributed by atoms with Crippen LogP contribution in [0.2, 0.25) is 0 Å². The first-order valence-electron chi connectivity index (χ1n) is 8.55. The van der Waals surface area contributed by atoms with Gasteiger partial charge in [-0.1, -0.05) is 33.1 Å². The monoisotopic (exact) mass is 275 g/mol. The van der Waals surface area contributed by atoms with Gasteiger partial charge >= 0.3 is 0 Å². The molecule has 1 N–H and O–H groups in total. The summed E-state index contributed by atoms with van der Waals surface area (Å²) in [4.78, 5) is 4.85. The molecule has 0 radical (unpaired) electrons. The average molecular weight is 275 g/mol. The van der Waals surface area contributed by atoms with Crippen molar-refractivity contribution in [3.8, 4) is 0 Å². The van der Waals surface area contributed by atoms with Crippen LogP contribution in [0.15, 0.2) is 0 Å².